The summed E-state index contributed by atoms with van der Waals surface area (Å²) in [6.07, 6.45) is 4.46. The second kappa shape index (κ2) is 4.87. The molecule has 2 heterocycles. The van der Waals surface area contributed by atoms with Crippen LogP contribution in [0.3, 0.4) is 0 Å². The Morgan fingerprint density at radius 1 is 1.42 bits per heavy atom. The fourth-order valence-electron chi connectivity index (χ4n) is 3.17. The van der Waals surface area contributed by atoms with Gasteiger partial charge in [-0.15, -0.1) is 0 Å². The van der Waals surface area contributed by atoms with Crippen LogP contribution in [0.5, 0.6) is 0 Å². The fourth-order valence-corrected chi connectivity index (χ4v) is 3.17. The number of nitrogens with one attached hydrogen (secondary N) is 1. The maximum Gasteiger partial charge on any atom is 0.141 e. The average molecular weight is 263 g/mol. The van der Waals surface area contributed by atoms with Crippen LogP contribution in [0.2, 0.25) is 0 Å². The highest BCUT2D eigenvalue weighted by atomic mass is 15.4. The molecule has 5 nitrogen and oxygen atoms in total. The molecular formula is C14H25N5. The predicted molar refractivity (Wildman–Crippen MR) is 74.7 cm³/mol. The smallest absolute Gasteiger partial charge is 0.141 e. The number of piperazine rings is 1. The molecule has 0 radical (unpaired) electrons. The van der Waals surface area contributed by atoms with Crippen LogP contribution in [0.1, 0.15) is 39.4 Å². The van der Waals surface area contributed by atoms with E-state index in [2.05, 4.69) is 41.1 Å². The molecule has 5 heteroatoms. The summed E-state index contributed by atoms with van der Waals surface area (Å²) in [7, 11) is 0. The fraction of sp³-hybridized carbons (Fsp3) is 0.857. The first-order chi connectivity index (χ1) is 9.09. The molecule has 0 bridgehead atoms. The molecule has 1 atom stereocenters. The number of rotatable bonds is 4. The van der Waals surface area contributed by atoms with E-state index in [-0.39, 0.29) is 5.54 Å². The van der Waals surface area contributed by atoms with Crippen molar-refractivity contribution in [3.8, 4) is 0 Å². The van der Waals surface area contributed by atoms with Crippen molar-refractivity contribution in [2.75, 3.05) is 13.1 Å². The first-order valence-electron chi connectivity index (χ1n) is 7.45. The van der Waals surface area contributed by atoms with E-state index < -0.39 is 0 Å². The normalized spacial score (nSPS) is 27.6. The minimum Gasteiger partial charge on any atom is -0.309 e. The third-order valence-electron chi connectivity index (χ3n) is 4.36. The summed E-state index contributed by atoms with van der Waals surface area (Å²) in [6, 6.07) is 0.676. The summed E-state index contributed by atoms with van der Waals surface area (Å²) in [5.41, 5.74) is 0.197. The van der Waals surface area contributed by atoms with Crippen LogP contribution in [0, 0.1) is 5.92 Å². The van der Waals surface area contributed by atoms with Gasteiger partial charge in [0.15, 0.2) is 0 Å². The Hall–Kier alpha value is -0.940. The van der Waals surface area contributed by atoms with Gasteiger partial charge in [0.1, 0.15) is 12.2 Å². The Kier molecular flexibility index (Phi) is 3.35. The monoisotopic (exact) mass is 263 g/mol. The quantitative estimate of drug-likeness (QED) is 0.888. The van der Waals surface area contributed by atoms with E-state index in [0.29, 0.717) is 6.04 Å². The van der Waals surface area contributed by atoms with E-state index in [1.807, 2.05) is 4.68 Å². The van der Waals surface area contributed by atoms with E-state index in [9.17, 15) is 0 Å². The average Bonchev–Trinajstić information content (AvgIpc) is 3.09. The molecular weight excluding hydrogens is 238 g/mol. The Morgan fingerprint density at radius 3 is 2.89 bits per heavy atom. The van der Waals surface area contributed by atoms with Crippen LogP contribution in [0.25, 0.3) is 0 Å². The van der Waals surface area contributed by atoms with Crippen LogP contribution in [0.4, 0.5) is 0 Å². The zero-order valence-corrected chi connectivity index (χ0v) is 12.3. The Labute approximate surface area is 115 Å². The SMILES string of the molecule is CCn1ncnc1CN1CC(C)(C)NCC1C1CC1. The summed E-state index contributed by atoms with van der Waals surface area (Å²) in [5, 5.41) is 7.97. The predicted octanol–water partition coefficient (Wildman–Crippen LogP) is 1.26. The second-order valence-corrected chi connectivity index (χ2v) is 6.57. The van der Waals surface area contributed by atoms with Crippen LogP contribution in [0.15, 0.2) is 6.33 Å². The third kappa shape index (κ3) is 2.82. The lowest BCUT2D eigenvalue weighted by molar-refractivity contribution is 0.0723. The van der Waals surface area contributed by atoms with E-state index >= 15 is 0 Å². The van der Waals surface area contributed by atoms with E-state index in [0.717, 1.165) is 37.9 Å². The second-order valence-electron chi connectivity index (χ2n) is 6.57. The molecule has 3 rings (SSSR count). The van der Waals surface area contributed by atoms with Crippen LogP contribution in [-0.4, -0.2) is 44.3 Å². The molecule has 1 aromatic heterocycles. The third-order valence-corrected chi connectivity index (χ3v) is 4.36. The minimum absolute atomic E-state index is 0.197. The van der Waals surface area contributed by atoms with Gasteiger partial charge < -0.3 is 5.32 Å². The molecule has 2 fully saturated rings. The molecule has 1 unspecified atom stereocenters. The van der Waals surface area contributed by atoms with Crippen LogP contribution >= 0.6 is 0 Å². The minimum atomic E-state index is 0.197. The Bertz CT molecular complexity index is 435. The van der Waals surface area contributed by atoms with Crippen molar-refractivity contribution in [2.24, 2.45) is 5.92 Å². The summed E-state index contributed by atoms with van der Waals surface area (Å²) < 4.78 is 2.01. The van der Waals surface area contributed by atoms with Crippen molar-refractivity contribution >= 4 is 0 Å². The number of aromatic nitrogens is 3. The van der Waals surface area contributed by atoms with Gasteiger partial charge in [-0.2, -0.15) is 5.10 Å². The van der Waals surface area contributed by atoms with E-state index in [4.69, 9.17) is 0 Å². The van der Waals surface area contributed by atoms with Gasteiger partial charge in [-0.05, 0) is 39.5 Å². The van der Waals surface area contributed by atoms with Gasteiger partial charge in [0.25, 0.3) is 0 Å². The first-order valence-corrected chi connectivity index (χ1v) is 7.45. The molecule has 1 aliphatic heterocycles. The molecule has 19 heavy (non-hydrogen) atoms. The van der Waals surface area contributed by atoms with Crippen molar-refractivity contribution in [1.29, 1.82) is 0 Å². The van der Waals surface area contributed by atoms with Gasteiger partial charge in [0.05, 0.1) is 6.54 Å². The van der Waals surface area contributed by atoms with Gasteiger partial charge >= 0.3 is 0 Å². The molecule has 1 N–H and O–H groups in total. The summed E-state index contributed by atoms with van der Waals surface area (Å²) >= 11 is 0. The first kappa shape index (κ1) is 13.1. The number of aryl methyl sites for hydroxylation is 1. The summed E-state index contributed by atoms with van der Waals surface area (Å²) in [4.78, 5) is 7.05. The maximum absolute atomic E-state index is 4.43. The van der Waals surface area contributed by atoms with Crippen molar-refractivity contribution in [3.63, 3.8) is 0 Å². The standard InChI is InChI=1S/C14H25N5/c1-4-19-13(15-10-17-19)8-18-9-14(2,3)16-7-12(18)11-5-6-11/h10-12,16H,4-9H2,1-3H3. The van der Waals surface area contributed by atoms with Crippen molar-refractivity contribution < 1.29 is 0 Å². The molecule has 1 aromatic rings. The lowest BCUT2D eigenvalue weighted by Crippen LogP contribution is -2.61. The lowest BCUT2D eigenvalue weighted by Gasteiger charge is -2.44. The largest absolute Gasteiger partial charge is 0.309 e. The summed E-state index contributed by atoms with van der Waals surface area (Å²) in [5.74, 6) is 1.99. The topological polar surface area (TPSA) is 46.0 Å². The zero-order chi connectivity index (χ0) is 13.5. The van der Waals surface area contributed by atoms with Crippen LogP contribution < -0.4 is 5.32 Å². The molecule has 0 aromatic carbocycles. The van der Waals surface area contributed by atoms with Gasteiger partial charge in [-0.3, -0.25) is 4.90 Å². The molecule has 106 valence electrons. The maximum atomic E-state index is 4.43. The van der Waals surface area contributed by atoms with E-state index in [1.54, 1.807) is 6.33 Å². The molecule has 0 amide bonds. The van der Waals surface area contributed by atoms with Gasteiger partial charge in [-0.1, -0.05) is 0 Å². The molecule has 1 aliphatic carbocycles. The van der Waals surface area contributed by atoms with Crippen molar-refractivity contribution in [3.05, 3.63) is 12.2 Å². The Morgan fingerprint density at radius 2 is 2.21 bits per heavy atom. The highest BCUT2D eigenvalue weighted by molar-refractivity contribution is 5.00. The van der Waals surface area contributed by atoms with E-state index in [1.165, 1.54) is 12.8 Å². The summed E-state index contributed by atoms with van der Waals surface area (Å²) in [6.45, 7) is 10.7. The Balaban J connectivity index is 1.75. The lowest BCUT2D eigenvalue weighted by atomic mass is 9.96. The van der Waals surface area contributed by atoms with Crippen LogP contribution in [-0.2, 0) is 13.1 Å². The van der Waals surface area contributed by atoms with Gasteiger partial charge in [-0.25, -0.2) is 9.67 Å². The number of hydrogen-bond acceptors (Lipinski definition) is 4. The zero-order valence-electron chi connectivity index (χ0n) is 12.3. The highest BCUT2D eigenvalue weighted by Gasteiger charge is 2.41. The molecule has 1 saturated carbocycles. The highest BCUT2D eigenvalue weighted by Crippen LogP contribution is 2.37. The number of nitrogens with zero attached hydrogens (tertiary/aromatic N) is 4. The number of hydrogen-bond donors (Lipinski definition) is 1. The van der Waals surface area contributed by atoms with Gasteiger partial charge in [0, 0.05) is 31.2 Å². The molecule has 0 spiro atoms. The molecule has 1 saturated heterocycles. The van der Waals surface area contributed by atoms with Crippen molar-refractivity contribution in [1.82, 2.24) is 25.0 Å². The van der Waals surface area contributed by atoms with Gasteiger partial charge in [0.2, 0.25) is 0 Å². The van der Waals surface area contributed by atoms with Crippen molar-refractivity contribution in [2.45, 2.75) is 58.3 Å². The molecule has 2 aliphatic rings.